The number of rotatable bonds is 2. The van der Waals surface area contributed by atoms with Crippen molar-refractivity contribution in [2.75, 3.05) is 25.0 Å². The number of amides is 3. The number of carbonyl (C=O) groups excluding carboxylic acids is 3. The number of hydrogen-bond donors (Lipinski definition) is 1. The van der Waals surface area contributed by atoms with Crippen LogP contribution in [0.3, 0.4) is 0 Å². The molecule has 0 atom stereocenters. The second-order valence-corrected chi connectivity index (χ2v) is 4.12. The summed E-state index contributed by atoms with van der Waals surface area (Å²) in [6, 6.07) is 6.68. The summed E-state index contributed by atoms with van der Waals surface area (Å²) < 4.78 is 0. The number of benzene rings is 1. The van der Waals surface area contributed by atoms with Gasteiger partial charge in [-0.3, -0.25) is 14.4 Å². The number of nitrogens with zero attached hydrogens (tertiary/aromatic N) is 2. The van der Waals surface area contributed by atoms with Crippen LogP contribution in [0, 0.1) is 0 Å². The van der Waals surface area contributed by atoms with E-state index >= 15 is 0 Å². The number of carbonyl (C=O) groups is 3. The number of likely N-dealkylation sites (N-methyl/N-ethyl adjacent to an activating group) is 1. The lowest BCUT2D eigenvalue weighted by molar-refractivity contribution is -0.122. The molecule has 0 unspecified atom stereocenters. The van der Waals surface area contributed by atoms with Gasteiger partial charge < -0.3 is 15.5 Å². The molecule has 1 aliphatic rings. The molecule has 1 aromatic carbocycles. The minimum atomic E-state index is -0.616. The van der Waals surface area contributed by atoms with Crippen molar-refractivity contribution in [3.63, 3.8) is 0 Å². The molecule has 0 saturated carbocycles. The monoisotopic (exact) mass is 247 g/mol. The number of anilines is 1. The predicted octanol–water partition coefficient (Wildman–Crippen LogP) is -0.409. The number of fused-ring (bicyclic) bond motifs is 1. The average molecular weight is 247 g/mol. The molecule has 1 heterocycles. The molecule has 0 aliphatic carbocycles. The molecular formula is C12H13N3O3. The Kier molecular flexibility index (Phi) is 3.01. The van der Waals surface area contributed by atoms with Crippen LogP contribution in [0.15, 0.2) is 24.3 Å². The Balaban J connectivity index is 2.53. The molecule has 6 nitrogen and oxygen atoms in total. The van der Waals surface area contributed by atoms with Gasteiger partial charge in [0.25, 0.3) is 5.91 Å². The Morgan fingerprint density at radius 3 is 2.67 bits per heavy atom. The standard InChI is InChI=1S/C12H13N3O3/c1-14-7-11(17)15(6-10(13)16)9-5-3-2-4-8(9)12(14)18/h2-5H,6-7H2,1H3,(H2,13,16). The second kappa shape index (κ2) is 4.48. The van der Waals surface area contributed by atoms with Crippen LogP contribution in [0.2, 0.25) is 0 Å². The summed E-state index contributed by atoms with van der Waals surface area (Å²) in [4.78, 5) is 37.6. The summed E-state index contributed by atoms with van der Waals surface area (Å²) in [6.07, 6.45) is 0. The van der Waals surface area contributed by atoms with Crippen molar-refractivity contribution in [1.29, 1.82) is 0 Å². The van der Waals surface area contributed by atoms with E-state index in [0.29, 0.717) is 11.3 Å². The van der Waals surface area contributed by atoms with Crippen LogP contribution in [0.4, 0.5) is 5.69 Å². The lowest BCUT2D eigenvalue weighted by Crippen LogP contribution is -2.42. The van der Waals surface area contributed by atoms with Gasteiger partial charge in [-0.05, 0) is 12.1 Å². The van der Waals surface area contributed by atoms with E-state index in [1.807, 2.05) is 0 Å². The van der Waals surface area contributed by atoms with Crippen LogP contribution < -0.4 is 10.6 Å². The van der Waals surface area contributed by atoms with Gasteiger partial charge in [-0.15, -0.1) is 0 Å². The molecule has 1 aliphatic heterocycles. The van der Waals surface area contributed by atoms with Crippen molar-refractivity contribution in [3.8, 4) is 0 Å². The molecule has 2 N–H and O–H groups in total. The molecule has 1 aromatic rings. The molecule has 3 amide bonds. The fourth-order valence-corrected chi connectivity index (χ4v) is 1.92. The van der Waals surface area contributed by atoms with E-state index in [2.05, 4.69) is 0 Å². The molecule has 6 heteroatoms. The zero-order chi connectivity index (χ0) is 13.3. The van der Waals surface area contributed by atoms with Crippen molar-refractivity contribution >= 4 is 23.4 Å². The Hall–Kier alpha value is -2.37. The number of nitrogens with two attached hydrogens (primary N) is 1. The molecule has 2 rings (SSSR count). The van der Waals surface area contributed by atoms with Gasteiger partial charge in [0.2, 0.25) is 11.8 Å². The third-order valence-corrected chi connectivity index (χ3v) is 2.76. The minimum absolute atomic E-state index is 0.0687. The number of hydrogen-bond acceptors (Lipinski definition) is 3. The molecule has 0 radical (unpaired) electrons. The number of para-hydroxylation sites is 1. The van der Waals surface area contributed by atoms with E-state index in [1.54, 1.807) is 31.3 Å². The zero-order valence-corrected chi connectivity index (χ0v) is 9.92. The van der Waals surface area contributed by atoms with Crippen LogP contribution in [0.25, 0.3) is 0 Å². The van der Waals surface area contributed by atoms with Crippen molar-refractivity contribution in [3.05, 3.63) is 29.8 Å². The highest BCUT2D eigenvalue weighted by molar-refractivity contribution is 6.11. The Labute approximate surface area is 104 Å². The van der Waals surface area contributed by atoms with Crippen molar-refractivity contribution in [1.82, 2.24) is 4.90 Å². The Morgan fingerprint density at radius 1 is 1.33 bits per heavy atom. The van der Waals surface area contributed by atoms with Crippen LogP contribution in [0.1, 0.15) is 10.4 Å². The Morgan fingerprint density at radius 2 is 2.00 bits per heavy atom. The second-order valence-electron chi connectivity index (χ2n) is 4.12. The Bertz CT molecular complexity index is 527. The predicted molar refractivity (Wildman–Crippen MR) is 64.9 cm³/mol. The molecule has 0 saturated heterocycles. The largest absolute Gasteiger partial charge is 0.368 e. The smallest absolute Gasteiger partial charge is 0.256 e. The van der Waals surface area contributed by atoms with E-state index in [4.69, 9.17) is 5.73 Å². The lowest BCUT2D eigenvalue weighted by Gasteiger charge is -2.20. The fraction of sp³-hybridized carbons (Fsp3) is 0.250. The van der Waals surface area contributed by atoms with E-state index in [0.717, 1.165) is 0 Å². The zero-order valence-electron chi connectivity index (χ0n) is 9.92. The first-order valence-electron chi connectivity index (χ1n) is 5.44. The third-order valence-electron chi connectivity index (χ3n) is 2.76. The van der Waals surface area contributed by atoms with Crippen molar-refractivity contribution in [2.45, 2.75) is 0 Å². The van der Waals surface area contributed by atoms with Crippen LogP contribution in [-0.4, -0.2) is 42.8 Å². The topological polar surface area (TPSA) is 83.7 Å². The summed E-state index contributed by atoms with van der Waals surface area (Å²) in [5.41, 5.74) is 5.95. The van der Waals surface area contributed by atoms with Crippen LogP contribution in [0.5, 0.6) is 0 Å². The summed E-state index contributed by atoms with van der Waals surface area (Å²) >= 11 is 0. The van der Waals surface area contributed by atoms with E-state index in [1.165, 1.54) is 9.80 Å². The van der Waals surface area contributed by atoms with Gasteiger partial charge in [-0.25, -0.2) is 0 Å². The molecule has 0 spiro atoms. The molecule has 94 valence electrons. The first-order valence-corrected chi connectivity index (χ1v) is 5.44. The van der Waals surface area contributed by atoms with Gasteiger partial charge in [0, 0.05) is 7.05 Å². The average Bonchev–Trinajstić information content (AvgIpc) is 2.41. The third kappa shape index (κ3) is 2.04. The first kappa shape index (κ1) is 12.1. The molecule has 0 aromatic heterocycles. The van der Waals surface area contributed by atoms with Crippen LogP contribution in [-0.2, 0) is 9.59 Å². The van der Waals surface area contributed by atoms with E-state index < -0.39 is 5.91 Å². The summed E-state index contributed by atoms with van der Waals surface area (Å²) in [6.45, 7) is -0.294. The molecular weight excluding hydrogens is 234 g/mol. The minimum Gasteiger partial charge on any atom is -0.368 e. The molecule has 0 bridgehead atoms. The maximum absolute atomic E-state index is 12.0. The fourth-order valence-electron chi connectivity index (χ4n) is 1.92. The highest BCUT2D eigenvalue weighted by Crippen LogP contribution is 2.24. The first-order chi connectivity index (χ1) is 8.50. The quantitative estimate of drug-likeness (QED) is 0.771. The van der Waals surface area contributed by atoms with E-state index in [-0.39, 0.29) is 24.9 Å². The molecule has 18 heavy (non-hydrogen) atoms. The SMILES string of the molecule is CN1CC(=O)N(CC(N)=O)c2ccccc2C1=O. The normalized spacial score (nSPS) is 15.4. The van der Waals surface area contributed by atoms with Crippen molar-refractivity contribution < 1.29 is 14.4 Å². The highest BCUT2D eigenvalue weighted by Gasteiger charge is 2.29. The molecule has 0 fully saturated rings. The van der Waals surface area contributed by atoms with Gasteiger partial charge in [-0.1, -0.05) is 12.1 Å². The summed E-state index contributed by atoms with van der Waals surface area (Å²) in [7, 11) is 1.55. The van der Waals surface area contributed by atoms with Gasteiger partial charge in [0.05, 0.1) is 11.3 Å². The van der Waals surface area contributed by atoms with Gasteiger partial charge in [0.1, 0.15) is 13.1 Å². The lowest BCUT2D eigenvalue weighted by atomic mass is 10.1. The van der Waals surface area contributed by atoms with Crippen molar-refractivity contribution in [2.24, 2.45) is 5.73 Å². The summed E-state index contributed by atoms with van der Waals surface area (Å²) in [5.74, 6) is -1.18. The van der Waals surface area contributed by atoms with Gasteiger partial charge >= 0.3 is 0 Å². The maximum Gasteiger partial charge on any atom is 0.256 e. The van der Waals surface area contributed by atoms with Gasteiger partial charge in [0.15, 0.2) is 0 Å². The maximum atomic E-state index is 12.0. The summed E-state index contributed by atoms with van der Waals surface area (Å²) in [5, 5.41) is 0. The van der Waals surface area contributed by atoms with Gasteiger partial charge in [-0.2, -0.15) is 0 Å². The highest BCUT2D eigenvalue weighted by atomic mass is 16.2. The van der Waals surface area contributed by atoms with Crippen LogP contribution >= 0.6 is 0 Å². The number of primary amides is 1. The van der Waals surface area contributed by atoms with E-state index in [9.17, 15) is 14.4 Å².